The Balaban J connectivity index is 2.28. The van der Waals surface area contributed by atoms with Gasteiger partial charge in [-0.15, -0.1) is 0 Å². The second kappa shape index (κ2) is 3.82. The van der Waals surface area contributed by atoms with Crippen molar-refractivity contribution in [3.8, 4) is 0 Å². The monoisotopic (exact) mass is 206 g/mol. The van der Waals surface area contributed by atoms with Crippen LogP contribution in [-0.4, -0.2) is 15.1 Å². The Morgan fingerprint density at radius 1 is 1.33 bits per heavy atom. The lowest BCUT2D eigenvalue weighted by atomic mass is 10.1. The zero-order valence-electron chi connectivity index (χ0n) is 8.24. The van der Waals surface area contributed by atoms with Crippen LogP contribution in [0.5, 0.6) is 0 Å². The summed E-state index contributed by atoms with van der Waals surface area (Å²) in [5.74, 6) is 0.429. The minimum atomic E-state index is -0.785. The number of nitrogens with zero attached hydrogens (tertiary/aromatic N) is 1. The average molecular weight is 206 g/mol. The van der Waals surface area contributed by atoms with E-state index in [1.807, 2.05) is 0 Å². The first-order valence-electron chi connectivity index (χ1n) is 4.62. The molecular formula is C11H11FN2O. The summed E-state index contributed by atoms with van der Waals surface area (Å²) in [5, 5.41) is 9.90. The van der Waals surface area contributed by atoms with Gasteiger partial charge in [0.25, 0.3) is 0 Å². The highest BCUT2D eigenvalue weighted by molar-refractivity contribution is 5.25. The topological polar surface area (TPSA) is 48.9 Å². The van der Waals surface area contributed by atoms with Crippen molar-refractivity contribution in [1.29, 1.82) is 0 Å². The van der Waals surface area contributed by atoms with Crippen LogP contribution in [0.25, 0.3) is 0 Å². The van der Waals surface area contributed by atoms with Crippen molar-refractivity contribution in [2.75, 3.05) is 0 Å². The smallest absolute Gasteiger partial charge is 0.123 e. The van der Waals surface area contributed by atoms with Crippen LogP contribution in [0.4, 0.5) is 4.39 Å². The number of aliphatic hydroxyl groups is 1. The third-order valence-electron chi connectivity index (χ3n) is 2.20. The van der Waals surface area contributed by atoms with E-state index < -0.39 is 6.10 Å². The lowest BCUT2D eigenvalue weighted by Gasteiger charge is -2.08. The number of hydrogen-bond donors (Lipinski definition) is 2. The number of aliphatic hydroxyl groups excluding tert-OH is 1. The average Bonchev–Trinajstić information content (AvgIpc) is 2.65. The molecule has 0 bridgehead atoms. The Morgan fingerprint density at radius 2 is 2.00 bits per heavy atom. The molecule has 0 aliphatic rings. The Hall–Kier alpha value is -1.68. The van der Waals surface area contributed by atoms with Crippen LogP contribution in [-0.2, 0) is 0 Å². The molecule has 0 radical (unpaired) electrons. The zero-order chi connectivity index (χ0) is 10.8. The molecule has 2 aromatic rings. The van der Waals surface area contributed by atoms with E-state index in [4.69, 9.17) is 0 Å². The van der Waals surface area contributed by atoms with Gasteiger partial charge in [-0.1, -0.05) is 12.1 Å². The highest BCUT2D eigenvalue weighted by atomic mass is 19.1. The number of halogens is 1. The number of aromatic amines is 1. The van der Waals surface area contributed by atoms with Crippen molar-refractivity contribution < 1.29 is 9.50 Å². The van der Waals surface area contributed by atoms with Gasteiger partial charge in [0.15, 0.2) is 0 Å². The van der Waals surface area contributed by atoms with Crippen LogP contribution in [0.3, 0.4) is 0 Å². The van der Waals surface area contributed by atoms with Crippen LogP contribution in [0.2, 0.25) is 0 Å². The zero-order valence-corrected chi connectivity index (χ0v) is 8.24. The quantitative estimate of drug-likeness (QED) is 0.788. The van der Waals surface area contributed by atoms with Crippen molar-refractivity contribution in [1.82, 2.24) is 9.97 Å². The fourth-order valence-electron chi connectivity index (χ4n) is 1.40. The van der Waals surface area contributed by atoms with Crippen molar-refractivity contribution in [3.63, 3.8) is 0 Å². The Morgan fingerprint density at radius 3 is 2.53 bits per heavy atom. The largest absolute Gasteiger partial charge is 0.382 e. The predicted octanol–water partition coefficient (Wildman–Crippen LogP) is 1.94. The molecule has 2 N–H and O–H groups in total. The summed E-state index contributed by atoms with van der Waals surface area (Å²) in [6.45, 7) is 1.81. The molecule has 0 spiro atoms. The van der Waals surface area contributed by atoms with Gasteiger partial charge in [-0.05, 0) is 24.6 Å². The first kappa shape index (κ1) is 9.86. The van der Waals surface area contributed by atoms with E-state index in [9.17, 15) is 9.50 Å². The van der Waals surface area contributed by atoms with Crippen LogP contribution in [0.1, 0.15) is 23.2 Å². The Kier molecular flexibility index (Phi) is 2.51. The van der Waals surface area contributed by atoms with Crippen LogP contribution in [0, 0.1) is 12.7 Å². The molecule has 4 heteroatoms. The number of benzene rings is 1. The SMILES string of the molecule is Cc1ncc(C(O)c2ccc(F)cc2)[nH]1. The second-order valence-electron chi connectivity index (χ2n) is 3.38. The lowest BCUT2D eigenvalue weighted by molar-refractivity contribution is 0.215. The van der Waals surface area contributed by atoms with Crippen molar-refractivity contribution in [2.24, 2.45) is 0 Å². The Bertz CT molecular complexity index is 450. The number of H-pyrrole nitrogens is 1. The summed E-state index contributed by atoms with van der Waals surface area (Å²) in [5.41, 5.74) is 1.25. The number of imidazole rings is 1. The molecule has 2 rings (SSSR count). The molecule has 0 fully saturated rings. The van der Waals surface area contributed by atoms with Gasteiger partial charge in [0.2, 0.25) is 0 Å². The standard InChI is InChI=1S/C11H11FN2O/c1-7-13-6-10(14-7)11(15)8-2-4-9(12)5-3-8/h2-6,11,15H,1H3,(H,13,14). The summed E-state index contributed by atoms with van der Waals surface area (Å²) in [6, 6.07) is 5.75. The number of aryl methyl sites for hydroxylation is 1. The van der Waals surface area contributed by atoms with Crippen molar-refractivity contribution >= 4 is 0 Å². The molecule has 0 aliphatic carbocycles. The van der Waals surface area contributed by atoms with E-state index in [0.29, 0.717) is 11.3 Å². The van der Waals surface area contributed by atoms with E-state index >= 15 is 0 Å². The second-order valence-corrected chi connectivity index (χ2v) is 3.38. The minimum Gasteiger partial charge on any atom is -0.382 e. The normalized spacial score (nSPS) is 12.7. The molecule has 3 nitrogen and oxygen atoms in total. The highest BCUT2D eigenvalue weighted by Gasteiger charge is 2.12. The fourth-order valence-corrected chi connectivity index (χ4v) is 1.40. The Labute approximate surface area is 86.6 Å². The first-order chi connectivity index (χ1) is 7.16. The highest BCUT2D eigenvalue weighted by Crippen LogP contribution is 2.20. The molecule has 0 saturated carbocycles. The van der Waals surface area contributed by atoms with Crippen LogP contribution in [0.15, 0.2) is 30.5 Å². The minimum absolute atomic E-state index is 0.313. The summed E-state index contributed by atoms with van der Waals surface area (Å²) >= 11 is 0. The van der Waals surface area contributed by atoms with Crippen molar-refractivity contribution in [2.45, 2.75) is 13.0 Å². The van der Waals surface area contributed by atoms with Crippen molar-refractivity contribution in [3.05, 3.63) is 53.4 Å². The van der Waals surface area contributed by atoms with E-state index in [1.54, 1.807) is 25.3 Å². The van der Waals surface area contributed by atoms with E-state index in [0.717, 1.165) is 5.82 Å². The molecule has 15 heavy (non-hydrogen) atoms. The maximum atomic E-state index is 12.7. The summed E-state index contributed by atoms with van der Waals surface area (Å²) in [6.07, 6.45) is 0.787. The lowest BCUT2D eigenvalue weighted by Crippen LogP contribution is -1.99. The first-order valence-corrected chi connectivity index (χ1v) is 4.62. The van der Waals surface area contributed by atoms with Gasteiger partial charge in [-0.25, -0.2) is 9.37 Å². The third kappa shape index (κ3) is 2.05. The number of rotatable bonds is 2. The van der Waals surface area contributed by atoms with E-state index in [-0.39, 0.29) is 5.82 Å². The molecule has 1 aromatic heterocycles. The molecule has 0 amide bonds. The molecule has 0 aliphatic heterocycles. The summed E-state index contributed by atoms with van der Waals surface area (Å²) < 4.78 is 12.7. The molecule has 78 valence electrons. The summed E-state index contributed by atoms with van der Waals surface area (Å²) in [7, 11) is 0. The molecule has 1 unspecified atom stereocenters. The summed E-state index contributed by atoms with van der Waals surface area (Å²) in [4.78, 5) is 6.93. The molecule has 1 heterocycles. The van der Waals surface area contributed by atoms with Gasteiger partial charge in [0, 0.05) is 0 Å². The fraction of sp³-hybridized carbons (Fsp3) is 0.182. The molecule has 0 saturated heterocycles. The van der Waals surface area contributed by atoms with E-state index in [1.165, 1.54) is 12.1 Å². The predicted molar refractivity (Wildman–Crippen MR) is 53.8 cm³/mol. The van der Waals surface area contributed by atoms with Crippen LogP contribution >= 0.6 is 0 Å². The van der Waals surface area contributed by atoms with Gasteiger partial charge in [-0.3, -0.25) is 0 Å². The maximum absolute atomic E-state index is 12.7. The number of hydrogen-bond acceptors (Lipinski definition) is 2. The van der Waals surface area contributed by atoms with Gasteiger partial charge in [0.05, 0.1) is 11.9 Å². The molecular weight excluding hydrogens is 195 g/mol. The number of aromatic nitrogens is 2. The van der Waals surface area contributed by atoms with Gasteiger partial charge >= 0.3 is 0 Å². The molecule has 1 atom stereocenters. The van der Waals surface area contributed by atoms with Gasteiger partial charge in [0.1, 0.15) is 17.7 Å². The number of nitrogens with one attached hydrogen (secondary N) is 1. The van der Waals surface area contributed by atoms with Gasteiger partial charge in [-0.2, -0.15) is 0 Å². The third-order valence-corrected chi connectivity index (χ3v) is 2.20. The molecule has 1 aromatic carbocycles. The maximum Gasteiger partial charge on any atom is 0.123 e. The van der Waals surface area contributed by atoms with Gasteiger partial charge < -0.3 is 10.1 Å². The van der Waals surface area contributed by atoms with Crippen LogP contribution < -0.4 is 0 Å². The van der Waals surface area contributed by atoms with E-state index in [2.05, 4.69) is 9.97 Å².